The Morgan fingerprint density at radius 1 is 1.12 bits per heavy atom. The van der Waals surface area contributed by atoms with Crippen molar-refractivity contribution >= 4 is 17.5 Å². The van der Waals surface area contributed by atoms with E-state index in [1.54, 1.807) is 7.11 Å². The van der Waals surface area contributed by atoms with Crippen molar-refractivity contribution in [2.45, 2.75) is 37.8 Å². The van der Waals surface area contributed by atoms with Gasteiger partial charge < -0.3 is 15.4 Å². The molecular weight excluding hydrogens is 443 g/mol. The van der Waals surface area contributed by atoms with Crippen molar-refractivity contribution in [3.05, 3.63) is 70.2 Å². The van der Waals surface area contributed by atoms with E-state index < -0.39 is 11.7 Å². The van der Waals surface area contributed by atoms with Crippen molar-refractivity contribution in [2.75, 3.05) is 26.8 Å². The van der Waals surface area contributed by atoms with Crippen LogP contribution in [0.5, 0.6) is 0 Å². The molecule has 0 radical (unpaired) electrons. The van der Waals surface area contributed by atoms with E-state index in [0.717, 1.165) is 23.3 Å². The smallest absolute Gasteiger partial charge is 0.383 e. The van der Waals surface area contributed by atoms with Crippen LogP contribution in [-0.4, -0.2) is 49.7 Å². The monoisotopic (exact) mass is 469 g/mol. The van der Waals surface area contributed by atoms with Crippen molar-refractivity contribution in [1.82, 2.24) is 15.5 Å². The number of likely N-dealkylation sites (tertiary alicyclic amines) is 1. The molecule has 0 saturated carbocycles. The molecule has 1 amide bonds. The first-order valence-corrected chi connectivity index (χ1v) is 10.8. The number of rotatable bonds is 9. The summed E-state index contributed by atoms with van der Waals surface area (Å²) in [5, 5.41) is 6.94. The third kappa shape index (κ3) is 6.93. The van der Waals surface area contributed by atoms with Gasteiger partial charge in [-0.1, -0.05) is 35.9 Å². The number of hydrogen-bond acceptors (Lipinski definition) is 4. The Morgan fingerprint density at radius 2 is 1.78 bits per heavy atom. The molecule has 1 aliphatic rings. The molecule has 1 saturated heterocycles. The SMILES string of the molecule is COCCNC(=O)[C@@H]1C[C@@H](NCc2ccc(C(F)(F)F)cc2)CN1Cc1ccc(Cl)cc1. The number of nitrogens with zero attached hydrogens (tertiary/aromatic N) is 1. The number of halogens is 4. The Bertz CT molecular complexity index is 876. The van der Waals surface area contributed by atoms with E-state index in [0.29, 0.717) is 44.2 Å². The zero-order valence-corrected chi connectivity index (χ0v) is 18.5. The lowest BCUT2D eigenvalue weighted by molar-refractivity contribution is -0.137. The summed E-state index contributed by atoms with van der Waals surface area (Å²) in [6, 6.07) is 12.4. The molecule has 0 spiro atoms. The lowest BCUT2D eigenvalue weighted by Gasteiger charge is -2.23. The van der Waals surface area contributed by atoms with Crippen LogP contribution in [0, 0.1) is 0 Å². The maximum absolute atomic E-state index is 12.8. The predicted molar refractivity (Wildman–Crippen MR) is 117 cm³/mol. The fraction of sp³-hybridized carbons (Fsp3) is 0.435. The van der Waals surface area contributed by atoms with Gasteiger partial charge in [-0.25, -0.2) is 0 Å². The lowest BCUT2D eigenvalue weighted by atomic mass is 10.1. The minimum absolute atomic E-state index is 0.0303. The van der Waals surface area contributed by atoms with Gasteiger partial charge in [-0.3, -0.25) is 9.69 Å². The zero-order chi connectivity index (χ0) is 23.1. The number of hydrogen-bond donors (Lipinski definition) is 2. The number of carbonyl (C=O) groups excluding carboxylic acids is 1. The Kier molecular flexibility index (Phi) is 8.53. The van der Waals surface area contributed by atoms with Gasteiger partial charge in [0.05, 0.1) is 18.2 Å². The zero-order valence-electron chi connectivity index (χ0n) is 17.8. The van der Waals surface area contributed by atoms with E-state index in [2.05, 4.69) is 15.5 Å². The molecule has 1 fully saturated rings. The maximum atomic E-state index is 12.8. The second-order valence-corrected chi connectivity index (χ2v) is 8.30. The molecule has 2 atom stereocenters. The summed E-state index contributed by atoms with van der Waals surface area (Å²) in [5.74, 6) is -0.0603. The number of methoxy groups -OCH3 is 1. The van der Waals surface area contributed by atoms with Gasteiger partial charge in [0.1, 0.15) is 0 Å². The van der Waals surface area contributed by atoms with E-state index in [4.69, 9.17) is 16.3 Å². The van der Waals surface area contributed by atoms with Crippen molar-refractivity contribution in [3.8, 4) is 0 Å². The summed E-state index contributed by atoms with van der Waals surface area (Å²) >= 11 is 5.97. The molecule has 2 aromatic carbocycles. The maximum Gasteiger partial charge on any atom is 0.416 e. The van der Waals surface area contributed by atoms with Gasteiger partial charge in [-0.05, 0) is 41.8 Å². The summed E-state index contributed by atoms with van der Waals surface area (Å²) in [5.41, 5.74) is 1.15. The molecular formula is C23H27ClF3N3O2. The quantitative estimate of drug-likeness (QED) is 0.548. The molecule has 174 valence electrons. The van der Waals surface area contributed by atoms with Crippen molar-refractivity contribution < 1.29 is 22.7 Å². The summed E-state index contributed by atoms with van der Waals surface area (Å²) in [7, 11) is 1.58. The topological polar surface area (TPSA) is 53.6 Å². The highest BCUT2D eigenvalue weighted by atomic mass is 35.5. The molecule has 9 heteroatoms. The van der Waals surface area contributed by atoms with Crippen LogP contribution in [0.4, 0.5) is 13.2 Å². The largest absolute Gasteiger partial charge is 0.416 e. The Hall–Kier alpha value is -2.13. The van der Waals surface area contributed by atoms with Crippen LogP contribution in [0.15, 0.2) is 48.5 Å². The first-order chi connectivity index (χ1) is 15.3. The van der Waals surface area contributed by atoms with Gasteiger partial charge >= 0.3 is 6.18 Å². The number of ether oxygens (including phenoxy) is 1. The van der Waals surface area contributed by atoms with Crippen LogP contribution in [-0.2, 0) is 28.8 Å². The molecule has 1 heterocycles. The number of amides is 1. The van der Waals surface area contributed by atoms with Gasteiger partial charge in [-0.15, -0.1) is 0 Å². The van der Waals surface area contributed by atoms with Crippen molar-refractivity contribution in [1.29, 1.82) is 0 Å². The molecule has 2 N–H and O–H groups in total. The van der Waals surface area contributed by atoms with E-state index in [9.17, 15) is 18.0 Å². The van der Waals surface area contributed by atoms with Gasteiger partial charge in [0.2, 0.25) is 5.91 Å². The average molecular weight is 470 g/mol. The molecule has 0 bridgehead atoms. The van der Waals surface area contributed by atoms with Gasteiger partial charge in [0.15, 0.2) is 0 Å². The number of carbonyl (C=O) groups is 1. The van der Waals surface area contributed by atoms with Crippen molar-refractivity contribution in [2.24, 2.45) is 0 Å². The molecule has 32 heavy (non-hydrogen) atoms. The highest BCUT2D eigenvalue weighted by molar-refractivity contribution is 6.30. The lowest BCUT2D eigenvalue weighted by Crippen LogP contribution is -2.43. The number of alkyl halides is 3. The minimum atomic E-state index is -4.34. The first-order valence-electron chi connectivity index (χ1n) is 10.4. The van der Waals surface area contributed by atoms with E-state index >= 15 is 0 Å². The Balaban J connectivity index is 1.62. The van der Waals surface area contributed by atoms with Gasteiger partial charge in [0.25, 0.3) is 0 Å². The molecule has 0 aromatic heterocycles. The van der Waals surface area contributed by atoms with Crippen LogP contribution in [0.3, 0.4) is 0 Å². The Morgan fingerprint density at radius 3 is 2.41 bits per heavy atom. The summed E-state index contributed by atoms with van der Waals surface area (Å²) in [4.78, 5) is 14.9. The molecule has 0 unspecified atom stereocenters. The molecule has 0 aliphatic carbocycles. The minimum Gasteiger partial charge on any atom is -0.383 e. The van der Waals surface area contributed by atoms with Gasteiger partial charge in [-0.2, -0.15) is 13.2 Å². The highest BCUT2D eigenvalue weighted by Gasteiger charge is 2.36. The third-order valence-electron chi connectivity index (χ3n) is 5.49. The molecule has 2 aromatic rings. The van der Waals surface area contributed by atoms with E-state index in [1.165, 1.54) is 12.1 Å². The van der Waals surface area contributed by atoms with Crippen LogP contribution in [0.25, 0.3) is 0 Å². The summed E-state index contributed by atoms with van der Waals surface area (Å²) in [6.07, 6.45) is -3.74. The fourth-order valence-electron chi connectivity index (χ4n) is 3.79. The first kappa shape index (κ1) is 24.5. The average Bonchev–Trinajstić information content (AvgIpc) is 3.16. The predicted octanol–water partition coefficient (Wildman–Crippen LogP) is 3.85. The number of benzene rings is 2. The van der Waals surface area contributed by atoms with Crippen LogP contribution >= 0.6 is 11.6 Å². The normalized spacial score (nSPS) is 19.3. The number of nitrogens with one attached hydrogen (secondary N) is 2. The molecule has 3 rings (SSSR count). The second kappa shape index (κ2) is 11.1. The summed E-state index contributed by atoms with van der Waals surface area (Å²) in [6.45, 7) is 2.54. The van der Waals surface area contributed by atoms with Gasteiger partial charge in [0, 0.05) is 44.4 Å². The second-order valence-electron chi connectivity index (χ2n) is 7.86. The molecule has 1 aliphatic heterocycles. The van der Waals surface area contributed by atoms with Crippen LogP contribution in [0.2, 0.25) is 5.02 Å². The third-order valence-corrected chi connectivity index (χ3v) is 5.74. The van der Waals surface area contributed by atoms with Crippen molar-refractivity contribution in [3.63, 3.8) is 0 Å². The van der Waals surface area contributed by atoms with E-state index in [-0.39, 0.29) is 18.0 Å². The molecule has 5 nitrogen and oxygen atoms in total. The fourth-order valence-corrected chi connectivity index (χ4v) is 3.92. The summed E-state index contributed by atoms with van der Waals surface area (Å²) < 4.78 is 43.3. The van der Waals surface area contributed by atoms with E-state index in [1.807, 2.05) is 24.3 Å². The Labute approximate surface area is 190 Å². The van der Waals surface area contributed by atoms with Crippen LogP contribution < -0.4 is 10.6 Å². The standard InChI is InChI=1S/C23H27ClF3N3O2/c1-32-11-10-28-22(31)21-12-20(15-30(21)14-17-4-8-19(24)9-5-17)29-13-16-2-6-18(7-3-16)23(25,26)27/h2-9,20-21,29H,10-15H2,1H3,(H,28,31)/t20-,21+/m1/s1. The van der Waals surface area contributed by atoms with Crippen LogP contribution in [0.1, 0.15) is 23.1 Å². The highest BCUT2D eigenvalue weighted by Crippen LogP contribution is 2.29.